The monoisotopic (exact) mass is 837 g/mol. The second kappa shape index (κ2) is 50.7. The van der Waals surface area contributed by atoms with Crippen molar-refractivity contribution >= 4 is 11.9 Å². The van der Waals surface area contributed by atoms with Crippen LogP contribution in [0.3, 0.4) is 0 Å². The Hall–Kier alpha value is -2.66. The number of hydrogen-bond acceptors (Lipinski definition) is 5. The summed E-state index contributed by atoms with van der Waals surface area (Å²) in [6, 6.07) is 0. The molecular formula is C55H96O5. The molecule has 0 spiro atoms. The molecule has 0 aromatic heterocycles. The maximum Gasteiger partial charge on any atom is 0.306 e. The molecule has 0 bridgehead atoms. The van der Waals surface area contributed by atoms with Crippen LogP contribution in [-0.2, 0) is 19.1 Å². The van der Waals surface area contributed by atoms with Crippen LogP contribution in [0.25, 0.3) is 0 Å². The topological polar surface area (TPSA) is 72.8 Å². The highest BCUT2D eigenvalue weighted by atomic mass is 16.6. The van der Waals surface area contributed by atoms with Crippen molar-refractivity contribution < 1.29 is 24.2 Å². The number of aliphatic hydroxyl groups excluding tert-OH is 1. The van der Waals surface area contributed by atoms with E-state index in [0.717, 1.165) is 89.9 Å². The lowest BCUT2D eigenvalue weighted by molar-refractivity contribution is -0.161. The van der Waals surface area contributed by atoms with Crippen molar-refractivity contribution in [1.82, 2.24) is 0 Å². The van der Waals surface area contributed by atoms with Crippen LogP contribution in [0.2, 0.25) is 0 Å². The summed E-state index contributed by atoms with van der Waals surface area (Å²) in [5, 5.41) is 9.62. The lowest BCUT2D eigenvalue weighted by Gasteiger charge is -2.15. The zero-order valence-electron chi connectivity index (χ0n) is 39.5. The minimum Gasteiger partial charge on any atom is -0.462 e. The van der Waals surface area contributed by atoms with Gasteiger partial charge in [0.25, 0.3) is 0 Å². The highest BCUT2D eigenvalue weighted by Crippen LogP contribution is 2.15. The maximum absolute atomic E-state index is 12.3. The van der Waals surface area contributed by atoms with Gasteiger partial charge in [-0.1, -0.05) is 222 Å². The molecule has 0 rings (SSSR count). The van der Waals surface area contributed by atoms with Gasteiger partial charge in [0.2, 0.25) is 0 Å². The average molecular weight is 837 g/mol. The van der Waals surface area contributed by atoms with E-state index >= 15 is 0 Å². The smallest absolute Gasteiger partial charge is 0.306 e. The number of aliphatic hydroxyl groups is 1. The second-order valence-corrected chi connectivity index (χ2v) is 16.9. The van der Waals surface area contributed by atoms with Gasteiger partial charge in [-0.25, -0.2) is 0 Å². The number of rotatable bonds is 46. The summed E-state index contributed by atoms with van der Waals surface area (Å²) in [5.41, 5.74) is 0. The van der Waals surface area contributed by atoms with Crippen molar-refractivity contribution in [2.75, 3.05) is 13.2 Å². The number of ether oxygens (including phenoxy) is 2. The van der Waals surface area contributed by atoms with Crippen LogP contribution in [-0.4, -0.2) is 36.4 Å². The van der Waals surface area contributed by atoms with Gasteiger partial charge in [-0.05, 0) is 83.5 Å². The molecule has 0 saturated heterocycles. The highest BCUT2D eigenvalue weighted by molar-refractivity contribution is 5.70. The summed E-state index contributed by atoms with van der Waals surface area (Å²) in [6.07, 6.45) is 68.5. The van der Waals surface area contributed by atoms with E-state index in [1.165, 1.54) is 128 Å². The molecule has 1 unspecified atom stereocenters. The first-order valence-electron chi connectivity index (χ1n) is 25.5. The van der Waals surface area contributed by atoms with Crippen LogP contribution in [0.4, 0.5) is 0 Å². The number of esters is 2. The molecule has 0 radical (unpaired) electrons. The Balaban J connectivity index is 3.53. The summed E-state index contributed by atoms with van der Waals surface area (Å²) in [7, 11) is 0. The number of hydrogen-bond donors (Lipinski definition) is 1. The SMILES string of the molecule is CC/C=C\C/C=C\C/C=C\C/C=C\C/C=C\CCCCCCCC(=O)OC(CO)COC(=O)CCCCCCCCCCCCCCC/C=C\CCCCCCCCCC. The number of carbonyl (C=O) groups is 2. The molecule has 0 saturated carbocycles. The molecule has 60 heavy (non-hydrogen) atoms. The minimum absolute atomic E-state index is 0.0757. The summed E-state index contributed by atoms with van der Waals surface area (Å²) in [5.74, 6) is -0.610. The van der Waals surface area contributed by atoms with E-state index in [1.807, 2.05) is 0 Å². The van der Waals surface area contributed by atoms with Crippen molar-refractivity contribution in [2.45, 2.75) is 251 Å². The second-order valence-electron chi connectivity index (χ2n) is 16.9. The Kier molecular flexibility index (Phi) is 48.4. The molecule has 5 heteroatoms. The number of unbranched alkanes of at least 4 members (excludes halogenated alkanes) is 26. The van der Waals surface area contributed by atoms with Gasteiger partial charge in [0.15, 0.2) is 6.10 Å². The fourth-order valence-electron chi connectivity index (χ4n) is 7.17. The van der Waals surface area contributed by atoms with E-state index < -0.39 is 6.10 Å². The summed E-state index contributed by atoms with van der Waals surface area (Å²) in [6.45, 7) is 4.03. The van der Waals surface area contributed by atoms with E-state index in [-0.39, 0.29) is 25.2 Å². The van der Waals surface area contributed by atoms with Gasteiger partial charge in [-0.3, -0.25) is 9.59 Å². The largest absolute Gasteiger partial charge is 0.462 e. The fraction of sp³-hybridized carbons (Fsp3) is 0.745. The van der Waals surface area contributed by atoms with Crippen LogP contribution in [0.1, 0.15) is 245 Å². The van der Waals surface area contributed by atoms with Gasteiger partial charge in [-0.2, -0.15) is 0 Å². The van der Waals surface area contributed by atoms with E-state index in [4.69, 9.17) is 9.47 Å². The van der Waals surface area contributed by atoms with Crippen LogP contribution in [0.5, 0.6) is 0 Å². The Labute approximate surface area is 372 Å². The van der Waals surface area contributed by atoms with Gasteiger partial charge < -0.3 is 14.6 Å². The third-order valence-corrected chi connectivity index (χ3v) is 11.0. The molecule has 0 amide bonds. The molecular weight excluding hydrogens is 741 g/mol. The van der Waals surface area contributed by atoms with Gasteiger partial charge in [-0.15, -0.1) is 0 Å². The predicted molar refractivity (Wildman–Crippen MR) is 260 cm³/mol. The first-order valence-corrected chi connectivity index (χ1v) is 25.5. The zero-order chi connectivity index (χ0) is 43.5. The summed E-state index contributed by atoms with van der Waals surface area (Å²) < 4.78 is 10.7. The lowest BCUT2D eigenvalue weighted by atomic mass is 10.0. The molecule has 0 aliphatic heterocycles. The molecule has 0 aliphatic carbocycles. The Morgan fingerprint density at radius 1 is 0.400 bits per heavy atom. The molecule has 1 N–H and O–H groups in total. The third kappa shape index (κ3) is 48.0. The zero-order valence-corrected chi connectivity index (χ0v) is 39.5. The molecule has 0 aromatic rings. The predicted octanol–water partition coefficient (Wildman–Crippen LogP) is 16.9. The summed E-state index contributed by atoms with van der Waals surface area (Å²) >= 11 is 0. The summed E-state index contributed by atoms with van der Waals surface area (Å²) in [4.78, 5) is 24.4. The van der Waals surface area contributed by atoms with Crippen LogP contribution < -0.4 is 0 Å². The van der Waals surface area contributed by atoms with Crippen molar-refractivity contribution in [1.29, 1.82) is 0 Å². The lowest BCUT2D eigenvalue weighted by Crippen LogP contribution is -2.28. The van der Waals surface area contributed by atoms with E-state index in [9.17, 15) is 14.7 Å². The molecule has 0 aromatic carbocycles. The minimum atomic E-state index is -0.786. The van der Waals surface area contributed by atoms with E-state index in [2.05, 4.69) is 86.8 Å². The number of allylic oxidation sites excluding steroid dienone is 12. The Bertz CT molecular complexity index is 1080. The molecule has 346 valence electrons. The standard InChI is InChI=1S/C55H96O5/c1-3-5-7-9-11-13-15-17-19-21-23-25-26-27-28-30-31-33-35-37-39-41-43-45-47-49-54(57)59-52-53(51-56)60-55(58)50-48-46-44-42-40-38-36-34-32-29-24-22-20-18-16-14-12-10-8-6-4-2/h6,8,12,14,18,20-21,23-24,29,34,36,53,56H,3-5,7,9-11,13,15-17,19,22,25-28,30-33,35,37-52H2,1-2H3/b8-6-,14-12-,20-18-,23-21-,29-24-,36-34-. The Morgan fingerprint density at radius 2 is 0.717 bits per heavy atom. The number of carbonyl (C=O) groups excluding carboxylic acids is 2. The highest BCUT2D eigenvalue weighted by Gasteiger charge is 2.16. The fourth-order valence-corrected chi connectivity index (χ4v) is 7.17. The normalized spacial score (nSPS) is 12.8. The van der Waals surface area contributed by atoms with Gasteiger partial charge >= 0.3 is 11.9 Å². The maximum atomic E-state index is 12.3. The molecule has 0 heterocycles. The third-order valence-electron chi connectivity index (χ3n) is 11.0. The molecule has 0 aliphatic rings. The Morgan fingerprint density at radius 3 is 1.10 bits per heavy atom. The van der Waals surface area contributed by atoms with Crippen LogP contribution in [0.15, 0.2) is 72.9 Å². The van der Waals surface area contributed by atoms with Crippen molar-refractivity contribution in [3.8, 4) is 0 Å². The van der Waals surface area contributed by atoms with Gasteiger partial charge in [0.1, 0.15) is 6.61 Å². The molecule has 0 fully saturated rings. The van der Waals surface area contributed by atoms with Crippen molar-refractivity contribution in [3.63, 3.8) is 0 Å². The van der Waals surface area contributed by atoms with Gasteiger partial charge in [0, 0.05) is 12.8 Å². The van der Waals surface area contributed by atoms with Crippen molar-refractivity contribution in [3.05, 3.63) is 72.9 Å². The van der Waals surface area contributed by atoms with Gasteiger partial charge in [0.05, 0.1) is 6.61 Å². The quantitative estimate of drug-likeness (QED) is 0.0376. The molecule has 1 atom stereocenters. The first kappa shape index (κ1) is 57.3. The van der Waals surface area contributed by atoms with E-state index in [1.54, 1.807) is 0 Å². The average Bonchev–Trinajstić information content (AvgIpc) is 3.25. The van der Waals surface area contributed by atoms with Crippen molar-refractivity contribution in [2.24, 2.45) is 0 Å². The van der Waals surface area contributed by atoms with Crippen LogP contribution >= 0.6 is 0 Å². The molecule has 5 nitrogen and oxygen atoms in total. The van der Waals surface area contributed by atoms with Crippen LogP contribution in [0, 0.1) is 0 Å². The first-order chi connectivity index (χ1) is 29.6. The van der Waals surface area contributed by atoms with E-state index in [0.29, 0.717) is 12.8 Å².